The molecule has 3 aliphatic heterocycles. The third kappa shape index (κ3) is 2.41. The Hall–Kier alpha value is -0.610. The molecule has 0 aromatic heterocycles. The standard InChI is InChI=1S/C14H25N3O/c1-16-5-2-3-12-10-17(6-4-13(12)16)14(18)7-11-8-15-9-11/h11-13,15H,2-10H2,1H3. The first-order valence-electron chi connectivity index (χ1n) is 7.43. The van der Waals surface area contributed by atoms with Gasteiger partial charge in [-0.3, -0.25) is 4.79 Å². The summed E-state index contributed by atoms with van der Waals surface area (Å²) in [7, 11) is 2.24. The number of amides is 1. The molecule has 3 aliphatic rings. The molecule has 0 bridgehead atoms. The van der Waals surface area contributed by atoms with Crippen LogP contribution in [0.4, 0.5) is 0 Å². The van der Waals surface area contributed by atoms with Gasteiger partial charge in [-0.05, 0) is 57.8 Å². The maximum atomic E-state index is 12.2. The fourth-order valence-electron chi connectivity index (χ4n) is 3.75. The molecule has 0 spiro atoms. The zero-order valence-electron chi connectivity index (χ0n) is 11.4. The quantitative estimate of drug-likeness (QED) is 0.778. The molecule has 1 amide bonds. The summed E-state index contributed by atoms with van der Waals surface area (Å²) in [5.41, 5.74) is 0. The van der Waals surface area contributed by atoms with Gasteiger partial charge in [-0.2, -0.15) is 0 Å². The summed E-state index contributed by atoms with van der Waals surface area (Å²) in [6.07, 6.45) is 4.55. The highest BCUT2D eigenvalue weighted by Crippen LogP contribution is 2.30. The van der Waals surface area contributed by atoms with E-state index in [1.54, 1.807) is 0 Å². The van der Waals surface area contributed by atoms with E-state index in [-0.39, 0.29) is 0 Å². The summed E-state index contributed by atoms with van der Waals surface area (Å²) in [5.74, 6) is 1.72. The van der Waals surface area contributed by atoms with Crippen LogP contribution in [0.3, 0.4) is 0 Å². The van der Waals surface area contributed by atoms with E-state index in [2.05, 4.69) is 22.2 Å². The number of nitrogens with one attached hydrogen (secondary N) is 1. The topological polar surface area (TPSA) is 35.6 Å². The van der Waals surface area contributed by atoms with Gasteiger partial charge in [0.25, 0.3) is 0 Å². The molecular weight excluding hydrogens is 226 g/mol. The van der Waals surface area contributed by atoms with Crippen molar-refractivity contribution in [1.29, 1.82) is 0 Å². The number of nitrogens with zero attached hydrogens (tertiary/aromatic N) is 2. The van der Waals surface area contributed by atoms with Gasteiger partial charge in [-0.15, -0.1) is 0 Å². The second kappa shape index (κ2) is 5.17. The number of carbonyl (C=O) groups is 1. The maximum Gasteiger partial charge on any atom is 0.222 e. The number of carbonyl (C=O) groups excluding carboxylic acids is 1. The fourth-order valence-corrected chi connectivity index (χ4v) is 3.75. The first-order valence-corrected chi connectivity index (χ1v) is 7.43. The largest absolute Gasteiger partial charge is 0.342 e. The lowest BCUT2D eigenvalue weighted by molar-refractivity contribution is -0.136. The third-order valence-electron chi connectivity index (χ3n) is 5.03. The molecule has 102 valence electrons. The Labute approximate surface area is 110 Å². The van der Waals surface area contributed by atoms with Gasteiger partial charge in [0.2, 0.25) is 5.91 Å². The average Bonchev–Trinajstić information content (AvgIpc) is 2.33. The van der Waals surface area contributed by atoms with E-state index in [0.29, 0.717) is 11.8 Å². The predicted molar refractivity (Wildman–Crippen MR) is 71.3 cm³/mol. The van der Waals surface area contributed by atoms with E-state index in [0.717, 1.165) is 44.6 Å². The van der Waals surface area contributed by atoms with Crippen LogP contribution >= 0.6 is 0 Å². The SMILES string of the molecule is CN1CCCC2CN(C(=O)CC3CNC3)CCC21. The molecule has 3 fully saturated rings. The number of fused-ring (bicyclic) bond motifs is 1. The number of rotatable bonds is 2. The summed E-state index contributed by atoms with van der Waals surface area (Å²) >= 11 is 0. The van der Waals surface area contributed by atoms with Crippen LogP contribution in [0.1, 0.15) is 25.7 Å². The lowest BCUT2D eigenvalue weighted by atomic mass is 9.84. The Bertz CT molecular complexity index is 316. The van der Waals surface area contributed by atoms with E-state index in [1.165, 1.54) is 25.8 Å². The molecule has 3 saturated heterocycles. The molecule has 4 heteroatoms. The van der Waals surface area contributed by atoms with Crippen molar-refractivity contribution in [3.63, 3.8) is 0 Å². The molecule has 2 atom stereocenters. The van der Waals surface area contributed by atoms with Crippen molar-refractivity contribution in [2.24, 2.45) is 11.8 Å². The molecule has 0 radical (unpaired) electrons. The number of piperidine rings is 2. The van der Waals surface area contributed by atoms with Gasteiger partial charge in [0.05, 0.1) is 0 Å². The van der Waals surface area contributed by atoms with Gasteiger partial charge in [-0.1, -0.05) is 0 Å². The Balaban J connectivity index is 1.54. The molecule has 3 heterocycles. The smallest absolute Gasteiger partial charge is 0.222 e. The first kappa shape index (κ1) is 12.4. The summed E-state index contributed by atoms with van der Waals surface area (Å²) in [6, 6.07) is 0.730. The lowest BCUT2D eigenvalue weighted by Crippen LogP contribution is -2.54. The van der Waals surface area contributed by atoms with E-state index >= 15 is 0 Å². The van der Waals surface area contributed by atoms with Crippen molar-refractivity contribution in [3.05, 3.63) is 0 Å². The lowest BCUT2D eigenvalue weighted by Gasteiger charge is -2.46. The highest BCUT2D eigenvalue weighted by molar-refractivity contribution is 5.76. The van der Waals surface area contributed by atoms with E-state index in [1.807, 2.05) is 0 Å². The van der Waals surface area contributed by atoms with Crippen LogP contribution < -0.4 is 5.32 Å². The predicted octanol–water partition coefficient (Wildman–Crippen LogP) is 0.539. The van der Waals surface area contributed by atoms with Crippen LogP contribution in [0.15, 0.2) is 0 Å². The molecule has 0 aromatic carbocycles. The summed E-state index contributed by atoms with van der Waals surface area (Å²) < 4.78 is 0. The molecule has 2 unspecified atom stereocenters. The van der Waals surface area contributed by atoms with Crippen LogP contribution in [0.25, 0.3) is 0 Å². The van der Waals surface area contributed by atoms with Crippen LogP contribution in [-0.4, -0.2) is 61.5 Å². The monoisotopic (exact) mass is 251 g/mol. The normalized spacial score (nSPS) is 33.9. The van der Waals surface area contributed by atoms with Crippen molar-refractivity contribution >= 4 is 5.91 Å². The van der Waals surface area contributed by atoms with Crippen LogP contribution in [0.5, 0.6) is 0 Å². The Morgan fingerprint density at radius 3 is 2.83 bits per heavy atom. The van der Waals surface area contributed by atoms with Crippen molar-refractivity contribution < 1.29 is 4.79 Å². The summed E-state index contributed by atoms with van der Waals surface area (Å²) in [6.45, 7) is 5.30. The van der Waals surface area contributed by atoms with Gasteiger partial charge < -0.3 is 15.1 Å². The fraction of sp³-hybridized carbons (Fsp3) is 0.929. The Morgan fingerprint density at radius 2 is 2.11 bits per heavy atom. The first-order chi connectivity index (χ1) is 8.74. The molecule has 0 aromatic rings. The van der Waals surface area contributed by atoms with Gasteiger partial charge in [-0.25, -0.2) is 0 Å². The van der Waals surface area contributed by atoms with Crippen LogP contribution in [-0.2, 0) is 4.79 Å². The molecular formula is C14H25N3O. The molecule has 3 rings (SSSR count). The number of likely N-dealkylation sites (tertiary alicyclic amines) is 2. The van der Waals surface area contributed by atoms with Gasteiger partial charge in [0.15, 0.2) is 0 Å². The molecule has 0 aliphatic carbocycles. The zero-order valence-corrected chi connectivity index (χ0v) is 11.4. The Kier molecular flexibility index (Phi) is 3.57. The average molecular weight is 251 g/mol. The van der Waals surface area contributed by atoms with Gasteiger partial charge in [0.1, 0.15) is 0 Å². The van der Waals surface area contributed by atoms with E-state index in [4.69, 9.17) is 0 Å². The minimum absolute atomic E-state index is 0.396. The maximum absolute atomic E-state index is 12.2. The van der Waals surface area contributed by atoms with Crippen molar-refractivity contribution in [3.8, 4) is 0 Å². The van der Waals surface area contributed by atoms with Gasteiger partial charge >= 0.3 is 0 Å². The van der Waals surface area contributed by atoms with E-state index < -0.39 is 0 Å². The van der Waals surface area contributed by atoms with Gasteiger partial charge in [0, 0.05) is 25.6 Å². The molecule has 18 heavy (non-hydrogen) atoms. The second-order valence-corrected chi connectivity index (χ2v) is 6.31. The number of hydrogen-bond donors (Lipinski definition) is 1. The van der Waals surface area contributed by atoms with Crippen LogP contribution in [0, 0.1) is 11.8 Å². The second-order valence-electron chi connectivity index (χ2n) is 6.31. The Morgan fingerprint density at radius 1 is 1.28 bits per heavy atom. The zero-order chi connectivity index (χ0) is 12.5. The third-order valence-corrected chi connectivity index (χ3v) is 5.03. The number of hydrogen-bond acceptors (Lipinski definition) is 3. The van der Waals surface area contributed by atoms with E-state index in [9.17, 15) is 4.79 Å². The minimum Gasteiger partial charge on any atom is -0.342 e. The van der Waals surface area contributed by atoms with Crippen LogP contribution in [0.2, 0.25) is 0 Å². The molecule has 0 saturated carbocycles. The highest BCUT2D eigenvalue weighted by Gasteiger charge is 2.36. The van der Waals surface area contributed by atoms with Crippen molar-refractivity contribution in [2.45, 2.75) is 31.7 Å². The highest BCUT2D eigenvalue weighted by atomic mass is 16.2. The van der Waals surface area contributed by atoms with Crippen molar-refractivity contribution in [1.82, 2.24) is 15.1 Å². The summed E-state index contributed by atoms with van der Waals surface area (Å²) in [5, 5.41) is 3.24. The molecule has 1 N–H and O–H groups in total. The minimum atomic E-state index is 0.396. The summed E-state index contributed by atoms with van der Waals surface area (Å²) in [4.78, 5) is 16.9. The van der Waals surface area contributed by atoms with Crippen molar-refractivity contribution in [2.75, 3.05) is 39.8 Å². The molecule has 4 nitrogen and oxygen atoms in total.